The minimum absolute atomic E-state index is 0.0114. The van der Waals surface area contributed by atoms with Crippen LogP contribution in [0.4, 0.5) is 11.4 Å². The number of nitro groups is 1. The van der Waals surface area contributed by atoms with Crippen LogP contribution in [0, 0.1) is 17.0 Å². The van der Waals surface area contributed by atoms with Gasteiger partial charge >= 0.3 is 0 Å². The number of hydrazone groups is 1. The van der Waals surface area contributed by atoms with Gasteiger partial charge in [0.15, 0.2) is 5.11 Å². The molecule has 2 rings (SSSR count). The summed E-state index contributed by atoms with van der Waals surface area (Å²) in [5.74, 6) is 0. The van der Waals surface area contributed by atoms with Crippen molar-refractivity contribution in [1.29, 1.82) is 0 Å². The van der Waals surface area contributed by atoms with Gasteiger partial charge in [0, 0.05) is 28.4 Å². The number of nitrogens with one attached hydrogen (secondary N) is 2. The molecule has 6 nitrogen and oxygen atoms in total. The van der Waals surface area contributed by atoms with E-state index < -0.39 is 4.92 Å². The van der Waals surface area contributed by atoms with E-state index in [-0.39, 0.29) is 5.69 Å². The molecule has 0 radical (unpaired) electrons. The highest BCUT2D eigenvalue weighted by Gasteiger charge is 2.08. The number of halogens is 1. The van der Waals surface area contributed by atoms with Crippen molar-refractivity contribution in [1.82, 2.24) is 5.43 Å². The first-order chi connectivity index (χ1) is 11.4. The Morgan fingerprint density at radius 1 is 1.29 bits per heavy atom. The summed E-state index contributed by atoms with van der Waals surface area (Å²) in [6.45, 7) is 3.62. The molecule has 2 N–H and O–H groups in total. The number of hydrogen-bond donors (Lipinski definition) is 2. The predicted octanol–water partition coefficient (Wildman–Crippen LogP) is 4.27. The van der Waals surface area contributed by atoms with E-state index in [1.54, 1.807) is 25.1 Å². The third kappa shape index (κ3) is 4.50. The lowest BCUT2D eigenvalue weighted by Gasteiger charge is -2.11. The molecule has 0 saturated heterocycles. The van der Waals surface area contributed by atoms with Gasteiger partial charge in [0.2, 0.25) is 0 Å². The molecule has 0 amide bonds. The summed E-state index contributed by atoms with van der Waals surface area (Å²) in [5, 5.41) is 18.9. The number of nitrogens with zero attached hydrogens (tertiary/aromatic N) is 2. The monoisotopic (exact) mass is 362 g/mol. The fourth-order valence-corrected chi connectivity index (χ4v) is 2.27. The van der Waals surface area contributed by atoms with Crippen molar-refractivity contribution >= 4 is 46.0 Å². The van der Waals surface area contributed by atoms with Crippen LogP contribution in [-0.2, 0) is 0 Å². The minimum atomic E-state index is -0.446. The summed E-state index contributed by atoms with van der Waals surface area (Å²) in [4.78, 5) is 10.4. The Bertz CT molecular complexity index is 823. The Kier molecular flexibility index (Phi) is 5.83. The van der Waals surface area contributed by atoms with Crippen LogP contribution in [0.15, 0.2) is 47.6 Å². The normalized spacial score (nSPS) is 11.0. The fourth-order valence-electron chi connectivity index (χ4n) is 1.94. The number of non-ortho nitro benzene ring substituents is 1. The fraction of sp³-hybridized carbons (Fsp3) is 0.125. The van der Waals surface area contributed by atoms with E-state index in [0.717, 1.165) is 11.3 Å². The van der Waals surface area contributed by atoms with Crippen LogP contribution in [0.3, 0.4) is 0 Å². The Morgan fingerprint density at radius 2 is 2.00 bits per heavy atom. The van der Waals surface area contributed by atoms with Gasteiger partial charge in [0.25, 0.3) is 5.69 Å². The molecule has 0 bridgehead atoms. The van der Waals surface area contributed by atoms with Gasteiger partial charge in [0.05, 0.1) is 10.6 Å². The van der Waals surface area contributed by atoms with Crippen LogP contribution in [0.25, 0.3) is 0 Å². The second-order valence-electron chi connectivity index (χ2n) is 4.98. The first-order valence-corrected chi connectivity index (χ1v) is 7.78. The van der Waals surface area contributed by atoms with Crippen molar-refractivity contribution in [3.05, 3.63) is 68.7 Å². The molecule has 124 valence electrons. The van der Waals surface area contributed by atoms with E-state index in [0.29, 0.717) is 21.4 Å². The zero-order valence-electron chi connectivity index (χ0n) is 13.0. The third-order valence-corrected chi connectivity index (χ3v) is 3.92. The lowest BCUT2D eigenvalue weighted by atomic mass is 10.1. The summed E-state index contributed by atoms with van der Waals surface area (Å²) in [7, 11) is 0. The largest absolute Gasteiger partial charge is 0.331 e. The van der Waals surface area contributed by atoms with Gasteiger partial charge in [-0.05, 0) is 43.8 Å². The van der Waals surface area contributed by atoms with E-state index in [2.05, 4.69) is 15.8 Å². The third-order valence-electron chi connectivity index (χ3n) is 3.32. The number of hydrogen-bond acceptors (Lipinski definition) is 4. The van der Waals surface area contributed by atoms with Crippen molar-refractivity contribution in [2.24, 2.45) is 5.10 Å². The Labute approximate surface area is 149 Å². The summed E-state index contributed by atoms with van der Waals surface area (Å²) >= 11 is 11.3. The highest BCUT2D eigenvalue weighted by molar-refractivity contribution is 7.80. The topological polar surface area (TPSA) is 79.6 Å². The van der Waals surface area contributed by atoms with Crippen LogP contribution in [0.2, 0.25) is 5.02 Å². The van der Waals surface area contributed by atoms with Crippen LogP contribution in [0.5, 0.6) is 0 Å². The molecular weight excluding hydrogens is 348 g/mol. The molecule has 0 aliphatic carbocycles. The maximum atomic E-state index is 10.8. The van der Waals surface area contributed by atoms with E-state index in [1.165, 1.54) is 12.1 Å². The molecule has 24 heavy (non-hydrogen) atoms. The molecule has 2 aromatic rings. The first-order valence-electron chi connectivity index (χ1n) is 6.99. The summed E-state index contributed by atoms with van der Waals surface area (Å²) < 4.78 is 0. The maximum absolute atomic E-state index is 10.8. The summed E-state index contributed by atoms with van der Waals surface area (Å²) in [6.07, 6.45) is 0. The second-order valence-corrected chi connectivity index (χ2v) is 5.80. The van der Waals surface area contributed by atoms with Crippen LogP contribution in [-0.4, -0.2) is 15.7 Å². The molecule has 0 spiro atoms. The van der Waals surface area contributed by atoms with Crippen molar-refractivity contribution in [3.63, 3.8) is 0 Å². The molecule has 0 unspecified atom stereocenters. The predicted molar refractivity (Wildman–Crippen MR) is 101 cm³/mol. The first kappa shape index (κ1) is 17.8. The van der Waals surface area contributed by atoms with Gasteiger partial charge in [-0.1, -0.05) is 29.8 Å². The summed E-state index contributed by atoms with van der Waals surface area (Å²) in [6, 6.07) is 11.7. The minimum Gasteiger partial charge on any atom is -0.331 e. The smallest absolute Gasteiger partial charge is 0.270 e. The van der Waals surface area contributed by atoms with Gasteiger partial charge in [-0.2, -0.15) is 5.10 Å². The Hall–Kier alpha value is -2.51. The molecule has 2 aromatic carbocycles. The number of thiocarbonyl (C=S) groups is 1. The molecule has 0 aromatic heterocycles. The zero-order valence-corrected chi connectivity index (χ0v) is 14.6. The van der Waals surface area contributed by atoms with Crippen LogP contribution >= 0.6 is 23.8 Å². The summed E-state index contributed by atoms with van der Waals surface area (Å²) in [5.41, 5.74) is 5.60. The standard InChI is InChI=1S/C16H15ClN4O2S/c1-10-14(17)7-4-8-15(10)18-16(24)20-19-11(2)12-5-3-6-13(9-12)21(22)23/h3-9H,1-2H3,(H2,18,20,24)/b19-11-. The lowest BCUT2D eigenvalue weighted by Crippen LogP contribution is -2.25. The highest BCUT2D eigenvalue weighted by Crippen LogP contribution is 2.22. The van der Waals surface area contributed by atoms with Crippen LogP contribution in [0.1, 0.15) is 18.1 Å². The zero-order chi connectivity index (χ0) is 17.7. The van der Waals surface area contributed by atoms with Gasteiger partial charge in [-0.15, -0.1) is 0 Å². The van der Waals surface area contributed by atoms with E-state index in [4.69, 9.17) is 23.8 Å². The van der Waals surface area contributed by atoms with E-state index in [1.807, 2.05) is 19.1 Å². The Balaban J connectivity index is 2.06. The number of anilines is 1. The van der Waals surface area contributed by atoms with Crippen molar-refractivity contribution in [2.75, 3.05) is 5.32 Å². The SMILES string of the molecule is C/C(=N/NC(=S)Nc1cccc(Cl)c1C)c1cccc([N+](=O)[O-])c1. The highest BCUT2D eigenvalue weighted by atomic mass is 35.5. The van der Waals surface area contributed by atoms with Gasteiger partial charge in [0.1, 0.15) is 0 Å². The van der Waals surface area contributed by atoms with E-state index >= 15 is 0 Å². The average molecular weight is 363 g/mol. The molecule has 8 heteroatoms. The molecular formula is C16H15ClN4O2S. The van der Waals surface area contributed by atoms with Gasteiger partial charge in [-0.3, -0.25) is 15.5 Å². The molecule has 0 saturated carbocycles. The lowest BCUT2D eigenvalue weighted by molar-refractivity contribution is -0.384. The number of benzene rings is 2. The van der Waals surface area contributed by atoms with Crippen LogP contribution < -0.4 is 10.7 Å². The molecule has 0 atom stereocenters. The van der Waals surface area contributed by atoms with Gasteiger partial charge < -0.3 is 5.32 Å². The second kappa shape index (κ2) is 7.85. The molecule has 0 fully saturated rings. The molecule has 0 aliphatic rings. The number of nitro benzene ring substituents is 1. The average Bonchev–Trinajstić information content (AvgIpc) is 2.57. The maximum Gasteiger partial charge on any atom is 0.270 e. The van der Waals surface area contributed by atoms with Crippen molar-refractivity contribution < 1.29 is 4.92 Å². The Morgan fingerprint density at radius 3 is 2.71 bits per heavy atom. The molecule has 0 aliphatic heterocycles. The van der Waals surface area contributed by atoms with Gasteiger partial charge in [-0.25, -0.2) is 0 Å². The number of rotatable bonds is 4. The van der Waals surface area contributed by atoms with E-state index in [9.17, 15) is 10.1 Å². The quantitative estimate of drug-likeness (QED) is 0.367. The van der Waals surface area contributed by atoms with Crippen molar-refractivity contribution in [2.45, 2.75) is 13.8 Å². The molecule has 0 heterocycles. The van der Waals surface area contributed by atoms with Crippen molar-refractivity contribution in [3.8, 4) is 0 Å².